The van der Waals surface area contributed by atoms with Gasteiger partial charge in [-0.05, 0) is 18.6 Å². The number of nitrogens with zero attached hydrogens (tertiary/aromatic N) is 5. The molecule has 3 aromatic rings. The average molecular weight is 506 g/mol. The van der Waals surface area contributed by atoms with Crippen molar-refractivity contribution >= 4 is 55.6 Å². The molecular weight excluding hydrogens is 486 g/mol. The minimum atomic E-state index is -0.760. The smallest absolute Gasteiger partial charge is 0.277 e. The van der Waals surface area contributed by atoms with Gasteiger partial charge in [-0.3, -0.25) is 34.8 Å². The fourth-order valence-corrected chi connectivity index (χ4v) is 4.95. The van der Waals surface area contributed by atoms with E-state index in [4.69, 9.17) is 16.3 Å². The molecule has 0 unspecified atom stereocenters. The third-order valence-electron chi connectivity index (χ3n) is 5.37. The van der Waals surface area contributed by atoms with E-state index in [1.807, 2.05) is 6.07 Å². The minimum Gasteiger partial charge on any atom is -0.379 e. The number of morpholine rings is 1. The summed E-state index contributed by atoms with van der Waals surface area (Å²) in [4.78, 5) is 42.8. The summed E-state index contributed by atoms with van der Waals surface area (Å²) >= 11 is 7.52. The zero-order valence-electron chi connectivity index (χ0n) is 17.9. The Labute approximate surface area is 202 Å². The van der Waals surface area contributed by atoms with Gasteiger partial charge in [0.15, 0.2) is 5.13 Å². The molecule has 1 aliphatic rings. The Bertz CT molecular complexity index is 1210. The lowest BCUT2D eigenvalue weighted by molar-refractivity contribution is -0.394. The summed E-state index contributed by atoms with van der Waals surface area (Å²) < 4.78 is 6.14. The molecule has 1 saturated heterocycles. The van der Waals surface area contributed by atoms with Gasteiger partial charge in [0.1, 0.15) is 5.52 Å². The van der Waals surface area contributed by atoms with E-state index in [2.05, 4.69) is 9.88 Å². The van der Waals surface area contributed by atoms with E-state index >= 15 is 0 Å². The van der Waals surface area contributed by atoms with Crippen LogP contribution in [-0.4, -0.2) is 65.0 Å². The van der Waals surface area contributed by atoms with Gasteiger partial charge in [0.25, 0.3) is 17.3 Å². The second-order valence-electron chi connectivity index (χ2n) is 7.60. The Morgan fingerprint density at radius 2 is 1.82 bits per heavy atom. The molecule has 2 heterocycles. The van der Waals surface area contributed by atoms with Gasteiger partial charge in [0.2, 0.25) is 0 Å². The molecule has 0 saturated carbocycles. The average Bonchev–Trinajstić information content (AvgIpc) is 3.27. The zero-order chi connectivity index (χ0) is 24.2. The van der Waals surface area contributed by atoms with Crippen molar-refractivity contribution in [3.05, 3.63) is 67.2 Å². The predicted molar refractivity (Wildman–Crippen MR) is 128 cm³/mol. The third kappa shape index (κ3) is 5.30. The highest BCUT2D eigenvalue weighted by atomic mass is 35.5. The molecule has 0 N–H and O–H groups in total. The maximum atomic E-state index is 13.5. The van der Waals surface area contributed by atoms with E-state index < -0.39 is 27.1 Å². The van der Waals surface area contributed by atoms with Crippen LogP contribution < -0.4 is 4.90 Å². The van der Waals surface area contributed by atoms with Crippen LogP contribution in [0.3, 0.4) is 0 Å². The van der Waals surface area contributed by atoms with Gasteiger partial charge < -0.3 is 4.74 Å². The molecule has 0 radical (unpaired) electrons. The van der Waals surface area contributed by atoms with E-state index in [0.717, 1.165) is 36.0 Å². The SMILES string of the molecule is O=C(c1cc([N+](=O)[O-])cc([N+](=O)[O-])c1)N(CCCN1CCOCC1)c1nc2c(Cl)cccc2s1. The number of nitro benzene ring substituents is 2. The van der Waals surface area contributed by atoms with Gasteiger partial charge in [-0.25, -0.2) is 4.98 Å². The lowest BCUT2D eigenvalue weighted by Gasteiger charge is -2.27. The minimum absolute atomic E-state index is 0.155. The number of benzene rings is 2. The van der Waals surface area contributed by atoms with Gasteiger partial charge in [0, 0.05) is 38.3 Å². The molecule has 0 atom stereocenters. The first kappa shape index (κ1) is 24.0. The van der Waals surface area contributed by atoms with Gasteiger partial charge in [0.05, 0.1) is 44.4 Å². The molecule has 1 aliphatic heterocycles. The molecule has 0 aliphatic carbocycles. The molecule has 13 heteroatoms. The van der Waals surface area contributed by atoms with Crippen LogP contribution in [0.1, 0.15) is 16.8 Å². The molecule has 1 fully saturated rings. The van der Waals surface area contributed by atoms with Gasteiger partial charge >= 0.3 is 0 Å². The van der Waals surface area contributed by atoms with Gasteiger partial charge in [-0.2, -0.15) is 0 Å². The standard InChI is InChI=1S/C21H20ClN5O6S/c22-17-3-1-4-18-19(17)23-21(34-18)25(6-2-5-24-7-9-33-10-8-24)20(28)14-11-15(26(29)30)13-16(12-14)27(31)32/h1,3-4,11-13H,2,5-10H2. The number of carbonyl (C=O) groups is 1. The molecule has 0 spiro atoms. The molecular formula is C21H20ClN5O6S. The van der Waals surface area contributed by atoms with Crippen molar-refractivity contribution in [2.45, 2.75) is 6.42 Å². The Kier molecular flexibility index (Phi) is 7.32. The largest absolute Gasteiger partial charge is 0.379 e. The monoisotopic (exact) mass is 505 g/mol. The van der Waals surface area contributed by atoms with Crippen LogP contribution in [0.25, 0.3) is 10.2 Å². The number of ether oxygens (including phenoxy) is 1. The number of halogens is 1. The maximum Gasteiger partial charge on any atom is 0.277 e. The molecule has 0 bridgehead atoms. The Morgan fingerprint density at radius 1 is 1.15 bits per heavy atom. The van der Waals surface area contributed by atoms with Crippen LogP contribution in [0.2, 0.25) is 5.02 Å². The summed E-state index contributed by atoms with van der Waals surface area (Å²) in [5.41, 5.74) is -0.672. The first-order valence-corrected chi connectivity index (χ1v) is 11.6. The normalized spacial score (nSPS) is 14.3. The van der Waals surface area contributed by atoms with Crippen LogP contribution in [0.5, 0.6) is 0 Å². The van der Waals surface area contributed by atoms with Crippen LogP contribution in [0, 0.1) is 20.2 Å². The van der Waals surface area contributed by atoms with Crippen molar-refractivity contribution in [3.63, 3.8) is 0 Å². The van der Waals surface area contributed by atoms with E-state index in [9.17, 15) is 25.0 Å². The van der Waals surface area contributed by atoms with E-state index in [0.29, 0.717) is 41.9 Å². The Hall–Kier alpha value is -3.19. The highest BCUT2D eigenvalue weighted by Crippen LogP contribution is 2.34. The number of thiazole rings is 1. The van der Waals surface area contributed by atoms with Crippen molar-refractivity contribution in [2.75, 3.05) is 44.3 Å². The molecule has 2 aromatic carbocycles. The van der Waals surface area contributed by atoms with Crippen molar-refractivity contribution in [3.8, 4) is 0 Å². The molecule has 4 rings (SSSR count). The number of hydrogen-bond donors (Lipinski definition) is 0. The van der Waals surface area contributed by atoms with E-state index in [-0.39, 0.29) is 12.1 Å². The summed E-state index contributed by atoms with van der Waals surface area (Å²) in [6.07, 6.45) is 0.604. The molecule has 34 heavy (non-hydrogen) atoms. The lowest BCUT2D eigenvalue weighted by atomic mass is 10.1. The summed E-state index contributed by atoms with van der Waals surface area (Å²) in [5.74, 6) is -0.607. The number of non-ortho nitro benzene ring substituents is 2. The van der Waals surface area contributed by atoms with Crippen molar-refractivity contribution < 1.29 is 19.4 Å². The molecule has 178 valence electrons. The predicted octanol–water partition coefficient (Wildman–Crippen LogP) is 4.14. The number of fused-ring (bicyclic) bond motifs is 1. The number of para-hydroxylation sites is 1. The topological polar surface area (TPSA) is 132 Å². The molecule has 11 nitrogen and oxygen atoms in total. The molecule has 1 amide bonds. The van der Waals surface area contributed by atoms with Crippen LogP contribution >= 0.6 is 22.9 Å². The number of carbonyl (C=O) groups excluding carboxylic acids is 1. The van der Waals surface area contributed by atoms with Gasteiger partial charge in [-0.15, -0.1) is 0 Å². The maximum absolute atomic E-state index is 13.5. The zero-order valence-corrected chi connectivity index (χ0v) is 19.5. The summed E-state index contributed by atoms with van der Waals surface area (Å²) in [7, 11) is 0. The number of amides is 1. The van der Waals surface area contributed by atoms with Crippen LogP contribution in [0.4, 0.5) is 16.5 Å². The second kappa shape index (κ2) is 10.4. The lowest BCUT2D eigenvalue weighted by Crippen LogP contribution is -2.39. The van der Waals surface area contributed by atoms with Crippen molar-refractivity contribution in [1.82, 2.24) is 9.88 Å². The van der Waals surface area contributed by atoms with Crippen LogP contribution in [-0.2, 0) is 4.74 Å². The molecule has 1 aromatic heterocycles. The Morgan fingerprint density at radius 3 is 2.44 bits per heavy atom. The number of rotatable bonds is 8. The van der Waals surface area contributed by atoms with E-state index in [1.54, 1.807) is 12.1 Å². The Balaban J connectivity index is 1.67. The number of nitro groups is 2. The van der Waals surface area contributed by atoms with E-state index in [1.165, 1.54) is 16.2 Å². The number of anilines is 1. The first-order chi connectivity index (χ1) is 16.3. The fraction of sp³-hybridized carbons (Fsp3) is 0.333. The third-order valence-corrected chi connectivity index (χ3v) is 6.71. The highest BCUT2D eigenvalue weighted by Gasteiger charge is 2.26. The van der Waals surface area contributed by atoms with Crippen LogP contribution in [0.15, 0.2) is 36.4 Å². The fourth-order valence-electron chi connectivity index (χ4n) is 3.67. The summed E-state index contributed by atoms with van der Waals surface area (Å²) in [6, 6.07) is 8.23. The van der Waals surface area contributed by atoms with Crippen molar-refractivity contribution in [2.24, 2.45) is 0 Å². The van der Waals surface area contributed by atoms with Crippen molar-refractivity contribution in [1.29, 1.82) is 0 Å². The number of hydrogen-bond acceptors (Lipinski definition) is 9. The first-order valence-electron chi connectivity index (χ1n) is 10.4. The number of aromatic nitrogens is 1. The summed E-state index contributed by atoms with van der Waals surface area (Å²) in [5, 5.41) is 23.4. The quantitative estimate of drug-likeness (QED) is 0.329. The van der Waals surface area contributed by atoms with Gasteiger partial charge in [-0.1, -0.05) is 29.0 Å². The highest BCUT2D eigenvalue weighted by molar-refractivity contribution is 7.22. The summed E-state index contributed by atoms with van der Waals surface area (Å²) in [6.45, 7) is 3.87. The second-order valence-corrected chi connectivity index (χ2v) is 9.02.